The van der Waals surface area contributed by atoms with E-state index in [1.807, 2.05) is 12.1 Å². The molecule has 0 aliphatic carbocycles. The topological polar surface area (TPSA) is 23.5 Å². The van der Waals surface area contributed by atoms with E-state index in [0.29, 0.717) is 17.1 Å². The first kappa shape index (κ1) is 13.4. The van der Waals surface area contributed by atoms with Crippen molar-refractivity contribution in [2.75, 3.05) is 19.6 Å². The predicted molar refractivity (Wildman–Crippen MR) is 76.0 cm³/mol. The van der Waals surface area contributed by atoms with Crippen molar-refractivity contribution < 1.29 is 5.11 Å². The van der Waals surface area contributed by atoms with Gasteiger partial charge < -0.3 is 10.0 Å². The zero-order valence-corrected chi connectivity index (χ0v) is 11.8. The fourth-order valence-electron chi connectivity index (χ4n) is 2.91. The number of likely N-dealkylation sites (tertiary alicyclic amines) is 1. The van der Waals surface area contributed by atoms with Crippen LogP contribution in [0.4, 0.5) is 0 Å². The number of benzene rings is 1. The van der Waals surface area contributed by atoms with Crippen molar-refractivity contribution in [2.45, 2.75) is 39.5 Å². The van der Waals surface area contributed by atoms with Crippen molar-refractivity contribution >= 4 is 0 Å². The number of phenols is 1. The van der Waals surface area contributed by atoms with Crippen LogP contribution in [-0.2, 0) is 0 Å². The molecule has 0 bridgehead atoms. The molecule has 0 spiro atoms. The number of hydrogen-bond donors (Lipinski definition) is 1. The highest BCUT2D eigenvalue weighted by atomic mass is 16.3. The van der Waals surface area contributed by atoms with Gasteiger partial charge >= 0.3 is 0 Å². The molecule has 1 aliphatic heterocycles. The van der Waals surface area contributed by atoms with Gasteiger partial charge in [-0.2, -0.15) is 0 Å². The molecule has 1 N–H and O–H groups in total. The molecule has 0 unspecified atom stereocenters. The van der Waals surface area contributed by atoms with Crippen LogP contribution in [0.1, 0.15) is 45.1 Å². The van der Waals surface area contributed by atoms with Gasteiger partial charge in [0.25, 0.3) is 0 Å². The molecule has 0 aromatic heterocycles. The highest BCUT2D eigenvalue weighted by molar-refractivity contribution is 5.35. The third-order valence-electron chi connectivity index (χ3n) is 3.66. The Morgan fingerprint density at radius 1 is 1.17 bits per heavy atom. The van der Waals surface area contributed by atoms with Gasteiger partial charge in [-0.3, -0.25) is 0 Å². The predicted octanol–water partition coefficient (Wildman–Crippen LogP) is 3.62. The van der Waals surface area contributed by atoms with E-state index in [4.69, 9.17) is 0 Å². The SMILES string of the molecule is CC(C)(C)CN1CCC(c2ccccc2O)CC1. The number of para-hydroxylation sites is 1. The summed E-state index contributed by atoms with van der Waals surface area (Å²) in [5, 5.41) is 9.90. The second-order valence-electron chi connectivity index (χ2n) is 6.67. The minimum absolute atomic E-state index is 0.377. The molecule has 0 saturated carbocycles. The third kappa shape index (κ3) is 3.49. The molecule has 1 aliphatic rings. The van der Waals surface area contributed by atoms with Crippen molar-refractivity contribution in [1.82, 2.24) is 4.90 Å². The normalized spacial score (nSPS) is 19.1. The maximum absolute atomic E-state index is 9.90. The largest absolute Gasteiger partial charge is 0.508 e. The van der Waals surface area contributed by atoms with E-state index < -0.39 is 0 Å². The van der Waals surface area contributed by atoms with Gasteiger partial charge in [0, 0.05) is 6.54 Å². The van der Waals surface area contributed by atoms with E-state index >= 15 is 0 Å². The maximum atomic E-state index is 9.90. The van der Waals surface area contributed by atoms with E-state index in [1.54, 1.807) is 6.07 Å². The van der Waals surface area contributed by atoms with Crippen LogP contribution >= 0.6 is 0 Å². The van der Waals surface area contributed by atoms with Crippen LogP contribution in [0, 0.1) is 5.41 Å². The molecule has 2 rings (SSSR count). The van der Waals surface area contributed by atoms with Gasteiger partial charge in [0.05, 0.1) is 0 Å². The first-order chi connectivity index (χ1) is 8.46. The average molecular weight is 247 g/mol. The summed E-state index contributed by atoms with van der Waals surface area (Å²) in [6.07, 6.45) is 2.32. The first-order valence-electron chi connectivity index (χ1n) is 6.96. The third-order valence-corrected chi connectivity index (χ3v) is 3.66. The molecule has 1 saturated heterocycles. The van der Waals surface area contributed by atoms with Crippen LogP contribution in [-0.4, -0.2) is 29.6 Å². The van der Waals surface area contributed by atoms with Crippen molar-refractivity contribution in [3.63, 3.8) is 0 Å². The summed E-state index contributed by atoms with van der Waals surface area (Å²) < 4.78 is 0. The van der Waals surface area contributed by atoms with Crippen molar-refractivity contribution in [3.05, 3.63) is 29.8 Å². The van der Waals surface area contributed by atoms with Gasteiger partial charge in [0.2, 0.25) is 0 Å². The lowest BCUT2D eigenvalue weighted by Gasteiger charge is -2.36. The van der Waals surface area contributed by atoms with Gasteiger partial charge in [-0.05, 0) is 48.9 Å². The van der Waals surface area contributed by atoms with Gasteiger partial charge in [-0.1, -0.05) is 39.0 Å². The van der Waals surface area contributed by atoms with Gasteiger partial charge in [0.15, 0.2) is 0 Å². The zero-order valence-electron chi connectivity index (χ0n) is 11.8. The number of phenolic OH excluding ortho intramolecular Hbond substituents is 1. The summed E-state index contributed by atoms with van der Waals surface area (Å²) in [6, 6.07) is 7.79. The van der Waals surface area contributed by atoms with Crippen LogP contribution in [0.25, 0.3) is 0 Å². The molecule has 1 aromatic rings. The smallest absolute Gasteiger partial charge is 0.119 e. The Hall–Kier alpha value is -1.02. The quantitative estimate of drug-likeness (QED) is 0.863. The number of piperidine rings is 1. The minimum Gasteiger partial charge on any atom is -0.508 e. The van der Waals surface area contributed by atoms with Crippen molar-refractivity contribution in [1.29, 1.82) is 0 Å². The molecular weight excluding hydrogens is 222 g/mol. The second kappa shape index (κ2) is 5.31. The molecule has 18 heavy (non-hydrogen) atoms. The van der Waals surface area contributed by atoms with Crippen molar-refractivity contribution in [2.24, 2.45) is 5.41 Å². The van der Waals surface area contributed by atoms with E-state index in [0.717, 1.165) is 31.5 Å². The number of rotatable bonds is 2. The Morgan fingerprint density at radius 2 is 1.78 bits per heavy atom. The molecule has 2 nitrogen and oxygen atoms in total. The fourth-order valence-corrected chi connectivity index (χ4v) is 2.91. The molecular formula is C16H25NO. The molecule has 1 fully saturated rings. The van der Waals surface area contributed by atoms with Crippen LogP contribution in [0.5, 0.6) is 5.75 Å². The highest BCUT2D eigenvalue weighted by Gasteiger charge is 2.24. The number of aromatic hydroxyl groups is 1. The van der Waals surface area contributed by atoms with Crippen molar-refractivity contribution in [3.8, 4) is 5.75 Å². The molecule has 0 amide bonds. The molecule has 0 atom stereocenters. The Bertz CT molecular complexity index is 386. The average Bonchev–Trinajstić information content (AvgIpc) is 2.29. The molecule has 100 valence electrons. The van der Waals surface area contributed by atoms with E-state index in [1.165, 1.54) is 6.54 Å². The summed E-state index contributed by atoms with van der Waals surface area (Å²) in [5.74, 6) is 0.995. The summed E-state index contributed by atoms with van der Waals surface area (Å²) in [7, 11) is 0. The van der Waals surface area contributed by atoms with E-state index in [-0.39, 0.29) is 0 Å². The Morgan fingerprint density at radius 3 is 2.33 bits per heavy atom. The van der Waals surface area contributed by atoms with Gasteiger partial charge in [-0.15, -0.1) is 0 Å². The van der Waals surface area contributed by atoms with Crippen LogP contribution in [0.3, 0.4) is 0 Å². The van der Waals surface area contributed by atoms with Gasteiger partial charge in [0.1, 0.15) is 5.75 Å². The van der Waals surface area contributed by atoms with Crippen LogP contribution in [0.15, 0.2) is 24.3 Å². The second-order valence-corrected chi connectivity index (χ2v) is 6.67. The molecule has 2 heteroatoms. The van der Waals surface area contributed by atoms with Crippen LogP contribution < -0.4 is 0 Å². The lowest BCUT2D eigenvalue weighted by molar-refractivity contribution is 0.153. The molecule has 1 heterocycles. The first-order valence-corrected chi connectivity index (χ1v) is 6.96. The summed E-state index contributed by atoms with van der Waals surface area (Å²) in [4.78, 5) is 2.55. The Kier molecular flexibility index (Phi) is 3.96. The summed E-state index contributed by atoms with van der Waals surface area (Å²) in [6.45, 7) is 10.3. The Labute approximate surface area is 111 Å². The minimum atomic E-state index is 0.377. The summed E-state index contributed by atoms with van der Waals surface area (Å²) >= 11 is 0. The lowest BCUT2D eigenvalue weighted by Crippen LogP contribution is -2.38. The number of nitrogens with zero attached hydrogens (tertiary/aromatic N) is 1. The fraction of sp³-hybridized carbons (Fsp3) is 0.625. The molecule has 1 aromatic carbocycles. The highest BCUT2D eigenvalue weighted by Crippen LogP contribution is 2.34. The Balaban J connectivity index is 1.93. The summed E-state index contributed by atoms with van der Waals surface area (Å²) in [5.41, 5.74) is 1.51. The maximum Gasteiger partial charge on any atom is 0.119 e. The zero-order chi connectivity index (χ0) is 13.2. The van der Waals surface area contributed by atoms with E-state index in [9.17, 15) is 5.11 Å². The van der Waals surface area contributed by atoms with Crippen LogP contribution in [0.2, 0.25) is 0 Å². The lowest BCUT2D eigenvalue weighted by atomic mass is 9.87. The molecule has 0 radical (unpaired) electrons. The standard InChI is InChI=1S/C16H25NO/c1-16(2,3)12-17-10-8-13(9-11-17)14-6-4-5-7-15(14)18/h4-7,13,18H,8-12H2,1-3H3. The number of hydrogen-bond acceptors (Lipinski definition) is 2. The van der Waals surface area contributed by atoms with Gasteiger partial charge in [-0.25, -0.2) is 0 Å². The van der Waals surface area contributed by atoms with E-state index in [2.05, 4.69) is 31.7 Å². The monoisotopic (exact) mass is 247 g/mol.